The van der Waals surface area contributed by atoms with Gasteiger partial charge in [-0.05, 0) is 31.2 Å². The van der Waals surface area contributed by atoms with E-state index in [0.29, 0.717) is 5.92 Å². The highest BCUT2D eigenvalue weighted by molar-refractivity contribution is 5.87. The Hall–Kier alpha value is -1.88. The normalized spacial score (nSPS) is 17.3. The molecule has 24 heavy (non-hydrogen) atoms. The number of amides is 2. The molecule has 5 heteroatoms. The van der Waals surface area contributed by atoms with Crippen LogP contribution in [-0.2, 0) is 9.59 Å². The summed E-state index contributed by atoms with van der Waals surface area (Å²) >= 11 is 0. The minimum Gasteiger partial charge on any atom is -0.347 e. The van der Waals surface area contributed by atoms with E-state index in [0.717, 1.165) is 0 Å². The predicted octanol–water partition coefficient (Wildman–Crippen LogP) is 2.10. The number of carbonyl (C=O) groups is 2. The zero-order valence-electron chi connectivity index (χ0n) is 14.9. The van der Waals surface area contributed by atoms with Gasteiger partial charge < -0.3 is 15.5 Å². The smallest absolute Gasteiger partial charge is 0.244 e. The Morgan fingerprint density at radius 2 is 1.79 bits per heavy atom. The van der Waals surface area contributed by atoms with Gasteiger partial charge >= 0.3 is 0 Å². The number of nitrogens with zero attached hydrogens (tertiary/aromatic N) is 1. The van der Waals surface area contributed by atoms with Crippen molar-refractivity contribution in [3.63, 3.8) is 0 Å². The summed E-state index contributed by atoms with van der Waals surface area (Å²) < 4.78 is 0. The zero-order chi connectivity index (χ0) is 17.5. The number of nitrogens with one attached hydrogen (secondary N) is 2. The molecule has 1 aliphatic carbocycles. The molecule has 0 unspecified atom stereocenters. The maximum Gasteiger partial charge on any atom is 0.244 e. The second-order valence-corrected chi connectivity index (χ2v) is 6.84. The average molecular weight is 331 g/mol. The Morgan fingerprint density at radius 3 is 2.38 bits per heavy atom. The van der Waals surface area contributed by atoms with Gasteiger partial charge in [0.2, 0.25) is 11.8 Å². The molecule has 1 saturated carbocycles. The summed E-state index contributed by atoms with van der Waals surface area (Å²) in [6.45, 7) is 1.94. The molecule has 1 fully saturated rings. The first-order valence-corrected chi connectivity index (χ1v) is 8.78. The third-order valence-corrected chi connectivity index (χ3v) is 4.70. The number of likely N-dealkylation sites (N-methyl/N-ethyl adjacent to an activating group) is 1. The van der Waals surface area contributed by atoms with Gasteiger partial charge in [0.05, 0.1) is 6.54 Å². The molecule has 0 radical (unpaired) electrons. The van der Waals surface area contributed by atoms with Crippen LogP contribution in [0.15, 0.2) is 30.3 Å². The van der Waals surface area contributed by atoms with Crippen LogP contribution in [0.1, 0.15) is 44.2 Å². The fourth-order valence-electron chi connectivity index (χ4n) is 3.45. The molecular weight excluding hydrogens is 302 g/mol. The van der Waals surface area contributed by atoms with Gasteiger partial charge in [0, 0.05) is 20.1 Å². The van der Waals surface area contributed by atoms with Gasteiger partial charge in [-0.3, -0.25) is 9.59 Å². The van der Waals surface area contributed by atoms with Crippen LogP contribution in [-0.4, -0.2) is 43.4 Å². The van der Waals surface area contributed by atoms with Gasteiger partial charge in [-0.1, -0.05) is 43.2 Å². The fourth-order valence-corrected chi connectivity index (χ4v) is 3.45. The van der Waals surface area contributed by atoms with Crippen LogP contribution < -0.4 is 10.6 Å². The van der Waals surface area contributed by atoms with E-state index in [1.54, 1.807) is 21.0 Å². The highest BCUT2D eigenvalue weighted by atomic mass is 16.2. The maximum absolute atomic E-state index is 12.2. The largest absolute Gasteiger partial charge is 0.347 e. The maximum atomic E-state index is 12.2. The van der Waals surface area contributed by atoms with Gasteiger partial charge in [0.25, 0.3) is 0 Å². The third kappa shape index (κ3) is 5.06. The Bertz CT molecular complexity index is 539. The average Bonchev–Trinajstić information content (AvgIpc) is 3.09. The molecule has 0 saturated heterocycles. The first-order valence-electron chi connectivity index (χ1n) is 8.78. The summed E-state index contributed by atoms with van der Waals surface area (Å²) in [6, 6.07) is 10.0. The molecule has 1 aromatic carbocycles. The highest BCUT2D eigenvalue weighted by Crippen LogP contribution is 2.35. The van der Waals surface area contributed by atoms with Crippen LogP contribution in [0.5, 0.6) is 0 Å². The second kappa shape index (κ2) is 8.83. The molecule has 0 aromatic heterocycles. The Labute approximate surface area is 144 Å². The Kier molecular flexibility index (Phi) is 6.79. The van der Waals surface area contributed by atoms with Crippen LogP contribution in [0, 0.1) is 5.92 Å². The molecular formula is C19H29N3O2. The molecule has 0 bridgehead atoms. The number of rotatable bonds is 7. The SMILES string of the molecule is C[C@H](NC(=O)CN[C@@H](c1ccccc1)C1CCCC1)C(=O)N(C)C. The van der Waals surface area contributed by atoms with E-state index in [1.165, 1.54) is 36.1 Å². The van der Waals surface area contributed by atoms with E-state index in [-0.39, 0.29) is 24.4 Å². The summed E-state index contributed by atoms with van der Waals surface area (Å²) in [5.41, 5.74) is 1.23. The third-order valence-electron chi connectivity index (χ3n) is 4.70. The topological polar surface area (TPSA) is 61.4 Å². The lowest BCUT2D eigenvalue weighted by Crippen LogP contribution is -2.47. The first-order chi connectivity index (χ1) is 11.5. The monoisotopic (exact) mass is 331 g/mol. The summed E-state index contributed by atoms with van der Waals surface area (Å²) in [7, 11) is 3.38. The van der Waals surface area contributed by atoms with E-state index >= 15 is 0 Å². The minimum atomic E-state index is -0.504. The standard InChI is InChI=1S/C19H29N3O2/c1-14(19(24)22(2)3)21-17(23)13-20-18(16-11-7-8-12-16)15-9-5-4-6-10-15/h4-6,9-10,14,16,18,20H,7-8,11-13H2,1-3H3,(H,21,23)/t14-,18-/m0/s1. The van der Waals surface area contributed by atoms with Crippen molar-refractivity contribution in [2.45, 2.75) is 44.7 Å². The van der Waals surface area contributed by atoms with Gasteiger partial charge in [-0.2, -0.15) is 0 Å². The predicted molar refractivity (Wildman–Crippen MR) is 95.4 cm³/mol. The van der Waals surface area contributed by atoms with Crippen LogP contribution in [0.3, 0.4) is 0 Å². The molecule has 0 aliphatic heterocycles. The lowest BCUT2D eigenvalue weighted by Gasteiger charge is -2.25. The summed E-state index contributed by atoms with van der Waals surface area (Å²) in [5.74, 6) is 0.330. The van der Waals surface area contributed by atoms with Crippen molar-refractivity contribution in [1.29, 1.82) is 0 Å². The van der Waals surface area contributed by atoms with Crippen molar-refractivity contribution in [1.82, 2.24) is 15.5 Å². The Balaban J connectivity index is 1.93. The van der Waals surface area contributed by atoms with Gasteiger partial charge in [0.1, 0.15) is 6.04 Å². The number of hydrogen-bond donors (Lipinski definition) is 2. The van der Waals surface area contributed by atoms with E-state index in [1.807, 2.05) is 18.2 Å². The minimum absolute atomic E-state index is 0.0984. The van der Waals surface area contributed by atoms with Gasteiger partial charge in [0.15, 0.2) is 0 Å². The molecule has 2 rings (SSSR count). The van der Waals surface area contributed by atoms with Gasteiger partial charge in [-0.25, -0.2) is 0 Å². The molecule has 0 heterocycles. The molecule has 1 aliphatic rings. The van der Waals surface area contributed by atoms with Gasteiger partial charge in [-0.15, -0.1) is 0 Å². The fraction of sp³-hybridized carbons (Fsp3) is 0.579. The lowest BCUT2D eigenvalue weighted by atomic mass is 9.91. The lowest BCUT2D eigenvalue weighted by molar-refractivity contribution is -0.133. The van der Waals surface area contributed by atoms with Crippen LogP contribution in [0.25, 0.3) is 0 Å². The Morgan fingerprint density at radius 1 is 1.17 bits per heavy atom. The van der Waals surface area contributed by atoms with Crippen LogP contribution >= 0.6 is 0 Å². The quantitative estimate of drug-likeness (QED) is 0.804. The van der Waals surface area contributed by atoms with Crippen LogP contribution in [0.4, 0.5) is 0 Å². The molecule has 2 amide bonds. The van der Waals surface area contributed by atoms with E-state index in [2.05, 4.69) is 22.8 Å². The summed E-state index contributed by atoms with van der Waals surface area (Å²) in [4.78, 5) is 25.5. The van der Waals surface area contributed by atoms with Crippen molar-refractivity contribution in [2.24, 2.45) is 5.92 Å². The molecule has 5 nitrogen and oxygen atoms in total. The van der Waals surface area contributed by atoms with Crippen molar-refractivity contribution >= 4 is 11.8 Å². The number of hydrogen-bond acceptors (Lipinski definition) is 3. The highest BCUT2D eigenvalue weighted by Gasteiger charge is 2.26. The second-order valence-electron chi connectivity index (χ2n) is 6.84. The van der Waals surface area contributed by atoms with E-state index < -0.39 is 6.04 Å². The van der Waals surface area contributed by atoms with E-state index in [4.69, 9.17) is 0 Å². The molecule has 132 valence electrons. The molecule has 2 atom stereocenters. The molecule has 2 N–H and O–H groups in total. The van der Waals surface area contributed by atoms with Crippen molar-refractivity contribution in [3.8, 4) is 0 Å². The van der Waals surface area contributed by atoms with Crippen molar-refractivity contribution in [2.75, 3.05) is 20.6 Å². The van der Waals surface area contributed by atoms with E-state index in [9.17, 15) is 9.59 Å². The van der Waals surface area contributed by atoms with Crippen LogP contribution in [0.2, 0.25) is 0 Å². The molecule has 0 spiro atoms. The van der Waals surface area contributed by atoms with Crippen molar-refractivity contribution in [3.05, 3.63) is 35.9 Å². The number of carbonyl (C=O) groups excluding carboxylic acids is 2. The molecule has 1 aromatic rings. The number of benzene rings is 1. The van der Waals surface area contributed by atoms with Crippen molar-refractivity contribution < 1.29 is 9.59 Å². The first kappa shape index (κ1) is 18.5. The summed E-state index contributed by atoms with van der Waals surface area (Å²) in [5, 5.41) is 6.18. The summed E-state index contributed by atoms with van der Waals surface area (Å²) in [6.07, 6.45) is 4.92. The zero-order valence-corrected chi connectivity index (χ0v) is 14.9.